The van der Waals surface area contributed by atoms with Gasteiger partial charge in [-0.25, -0.2) is 8.78 Å². The normalized spacial score (nSPS) is 12.4. The van der Waals surface area contributed by atoms with Crippen molar-refractivity contribution in [2.24, 2.45) is 5.73 Å². The molecule has 1 unspecified atom stereocenters. The van der Waals surface area contributed by atoms with Crippen molar-refractivity contribution in [3.63, 3.8) is 0 Å². The summed E-state index contributed by atoms with van der Waals surface area (Å²) in [6, 6.07) is 11.0. The molecule has 2 aromatic carbocycles. The summed E-state index contributed by atoms with van der Waals surface area (Å²) in [6.45, 7) is 1.70. The summed E-state index contributed by atoms with van der Waals surface area (Å²) >= 11 is 0. The lowest BCUT2D eigenvalue weighted by Crippen LogP contribution is -2.14. The van der Waals surface area contributed by atoms with Crippen LogP contribution in [0.3, 0.4) is 0 Å². The van der Waals surface area contributed by atoms with Crippen LogP contribution in [0.1, 0.15) is 22.7 Å². The smallest absolute Gasteiger partial charge is 0.126 e. The number of aryl methyl sites for hydroxylation is 1. The summed E-state index contributed by atoms with van der Waals surface area (Å²) in [7, 11) is 0. The Morgan fingerprint density at radius 2 is 1.78 bits per heavy atom. The minimum atomic E-state index is -0.406. The first-order valence-corrected chi connectivity index (χ1v) is 5.83. The molecule has 0 heterocycles. The van der Waals surface area contributed by atoms with E-state index in [1.807, 2.05) is 0 Å². The molecule has 0 bridgehead atoms. The molecule has 0 fully saturated rings. The van der Waals surface area contributed by atoms with Crippen LogP contribution in [0.2, 0.25) is 0 Å². The van der Waals surface area contributed by atoms with E-state index >= 15 is 0 Å². The molecule has 2 N–H and O–H groups in total. The van der Waals surface area contributed by atoms with E-state index in [4.69, 9.17) is 5.73 Å². The fraction of sp³-hybridized carbons (Fsp3) is 0.200. The summed E-state index contributed by atoms with van der Waals surface area (Å²) in [4.78, 5) is 0. The van der Waals surface area contributed by atoms with Crippen molar-refractivity contribution in [2.45, 2.75) is 19.4 Å². The van der Waals surface area contributed by atoms with E-state index in [9.17, 15) is 8.78 Å². The first kappa shape index (κ1) is 12.7. The summed E-state index contributed by atoms with van der Waals surface area (Å²) in [5, 5.41) is 0. The first-order valence-electron chi connectivity index (χ1n) is 5.83. The molecule has 0 aromatic heterocycles. The summed E-state index contributed by atoms with van der Waals surface area (Å²) < 4.78 is 26.9. The van der Waals surface area contributed by atoms with Crippen molar-refractivity contribution in [3.8, 4) is 0 Å². The maximum absolute atomic E-state index is 13.5. The zero-order chi connectivity index (χ0) is 13.1. The highest BCUT2D eigenvalue weighted by atomic mass is 19.1. The van der Waals surface area contributed by atoms with E-state index in [1.54, 1.807) is 37.3 Å². The highest BCUT2D eigenvalue weighted by molar-refractivity contribution is 5.28. The highest BCUT2D eigenvalue weighted by Gasteiger charge is 2.11. The Hall–Kier alpha value is -1.74. The van der Waals surface area contributed by atoms with Crippen LogP contribution in [0.4, 0.5) is 8.78 Å². The molecular formula is C15H15F2N. The maximum Gasteiger partial charge on any atom is 0.126 e. The van der Waals surface area contributed by atoms with Crippen molar-refractivity contribution in [1.29, 1.82) is 0 Å². The Bertz CT molecular complexity index is 552. The van der Waals surface area contributed by atoms with E-state index in [-0.39, 0.29) is 11.6 Å². The zero-order valence-electron chi connectivity index (χ0n) is 10.2. The monoisotopic (exact) mass is 247 g/mol. The fourth-order valence-electron chi connectivity index (χ4n) is 1.86. The van der Waals surface area contributed by atoms with Gasteiger partial charge in [0.25, 0.3) is 0 Å². The van der Waals surface area contributed by atoms with Gasteiger partial charge >= 0.3 is 0 Å². The Balaban J connectivity index is 2.19. The van der Waals surface area contributed by atoms with Gasteiger partial charge in [-0.1, -0.05) is 30.3 Å². The Labute approximate surface area is 105 Å². The average molecular weight is 247 g/mol. The summed E-state index contributed by atoms with van der Waals surface area (Å²) in [5.41, 5.74) is 7.79. The zero-order valence-corrected chi connectivity index (χ0v) is 10.2. The van der Waals surface area contributed by atoms with Crippen LogP contribution in [-0.4, -0.2) is 0 Å². The molecule has 2 rings (SSSR count). The molecular weight excluding hydrogens is 232 g/mol. The van der Waals surface area contributed by atoms with Crippen LogP contribution in [0, 0.1) is 18.6 Å². The Morgan fingerprint density at radius 1 is 1.06 bits per heavy atom. The molecule has 94 valence electrons. The summed E-state index contributed by atoms with van der Waals surface area (Å²) in [6.07, 6.45) is 0.356. The molecule has 0 radical (unpaired) electrons. The SMILES string of the molecule is Cc1ccc(C(N)Cc2ccccc2F)cc1F. The van der Waals surface area contributed by atoms with E-state index in [1.165, 1.54) is 12.1 Å². The number of benzene rings is 2. The van der Waals surface area contributed by atoms with E-state index in [0.29, 0.717) is 23.1 Å². The lowest BCUT2D eigenvalue weighted by molar-refractivity contribution is 0.588. The molecule has 0 saturated heterocycles. The predicted octanol–water partition coefficient (Wildman–Crippen LogP) is 3.52. The molecule has 3 heteroatoms. The third kappa shape index (κ3) is 2.74. The molecule has 2 aromatic rings. The van der Waals surface area contributed by atoms with Crippen LogP contribution in [0.15, 0.2) is 42.5 Å². The fourth-order valence-corrected chi connectivity index (χ4v) is 1.86. The second-order valence-electron chi connectivity index (χ2n) is 4.41. The van der Waals surface area contributed by atoms with Gasteiger partial charge in [-0.3, -0.25) is 0 Å². The molecule has 0 aliphatic carbocycles. The van der Waals surface area contributed by atoms with Crippen molar-refractivity contribution in [2.75, 3.05) is 0 Å². The molecule has 0 saturated carbocycles. The number of nitrogens with two attached hydrogens (primary N) is 1. The minimum absolute atomic E-state index is 0.277. The lowest BCUT2D eigenvalue weighted by Gasteiger charge is -2.13. The van der Waals surface area contributed by atoms with Gasteiger partial charge in [0.2, 0.25) is 0 Å². The Kier molecular flexibility index (Phi) is 3.72. The van der Waals surface area contributed by atoms with Crippen LogP contribution in [0.5, 0.6) is 0 Å². The van der Waals surface area contributed by atoms with Crippen molar-refractivity contribution >= 4 is 0 Å². The van der Waals surface area contributed by atoms with Crippen LogP contribution in [-0.2, 0) is 6.42 Å². The van der Waals surface area contributed by atoms with Crippen molar-refractivity contribution < 1.29 is 8.78 Å². The van der Waals surface area contributed by atoms with Crippen molar-refractivity contribution in [1.82, 2.24) is 0 Å². The number of hydrogen-bond acceptors (Lipinski definition) is 1. The van der Waals surface area contributed by atoms with E-state index in [2.05, 4.69) is 0 Å². The highest BCUT2D eigenvalue weighted by Crippen LogP contribution is 2.20. The van der Waals surface area contributed by atoms with Gasteiger partial charge in [-0.2, -0.15) is 0 Å². The van der Waals surface area contributed by atoms with Gasteiger partial charge in [0, 0.05) is 6.04 Å². The van der Waals surface area contributed by atoms with Crippen LogP contribution < -0.4 is 5.73 Å². The molecule has 0 amide bonds. The lowest BCUT2D eigenvalue weighted by atomic mass is 9.98. The van der Waals surface area contributed by atoms with E-state index in [0.717, 1.165) is 0 Å². The quantitative estimate of drug-likeness (QED) is 0.882. The van der Waals surface area contributed by atoms with Gasteiger partial charge in [-0.15, -0.1) is 0 Å². The summed E-state index contributed by atoms with van der Waals surface area (Å²) in [5.74, 6) is -0.558. The topological polar surface area (TPSA) is 26.0 Å². The Morgan fingerprint density at radius 3 is 2.44 bits per heavy atom. The third-order valence-electron chi connectivity index (χ3n) is 3.02. The standard InChI is InChI=1S/C15H15F2N/c1-10-6-7-12(8-14(10)17)15(18)9-11-4-2-3-5-13(11)16/h2-8,15H,9,18H2,1H3. The van der Waals surface area contributed by atoms with Crippen LogP contribution >= 0.6 is 0 Å². The average Bonchev–Trinajstić information content (AvgIpc) is 2.35. The van der Waals surface area contributed by atoms with Gasteiger partial charge in [0.15, 0.2) is 0 Å². The molecule has 1 atom stereocenters. The predicted molar refractivity (Wildman–Crippen MR) is 68.2 cm³/mol. The van der Waals surface area contributed by atoms with Gasteiger partial charge in [0.1, 0.15) is 11.6 Å². The van der Waals surface area contributed by atoms with Gasteiger partial charge < -0.3 is 5.73 Å². The van der Waals surface area contributed by atoms with Gasteiger partial charge in [-0.05, 0) is 42.2 Å². The number of halogens is 2. The third-order valence-corrected chi connectivity index (χ3v) is 3.02. The van der Waals surface area contributed by atoms with Crippen molar-refractivity contribution in [3.05, 3.63) is 70.8 Å². The minimum Gasteiger partial charge on any atom is -0.324 e. The maximum atomic E-state index is 13.5. The van der Waals surface area contributed by atoms with E-state index < -0.39 is 6.04 Å². The second-order valence-corrected chi connectivity index (χ2v) is 4.41. The molecule has 18 heavy (non-hydrogen) atoms. The second kappa shape index (κ2) is 5.27. The molecule has 0 aliphatic rings. The first-order chi connectivity index (χ1) is 8.58. The molecule has 0 spiro atoms. The van der Waals surface area contributed by atoms with Gasteiger partial charge in [0.05, 0.1) is 0 Å². The number of rotatable bonds is 3. The largest absolute Gasteiger partial charge is 0.324 e. The molecule has 1 nitrogen and oxygen atoms in total. The number of hydrogen-bond donors (Lipinski definition) is 1. The van der Waals surface area contributed by atoms with Crippen LogP contribution in [0.25, 0.3) is 0 Å². The molecule has 0 aliphatic heterocycles.